The van der Waals surface area contributed by atoms with E-state index in [1.165, 1.54) is 12.3 Å². The average Bonchev–Trinajstić information content (AvgIpc) is 2.40. The van der Waals surface area contributed by atoms with Crippen molar-refractivity contribution in [3.8, 4) is 0 Å². The van der Waals surface area contributed by atoms with Crippen LogP contribution < -0.4 is 11.2 Å². The molecule has 0 bridgehead atoms. The van der Waals surface area contributed by atoms with Gasteiger partial charge in [-0.25, -0.2) is 14.6 Å². The Kier molecular flexibility index (Phi) is 7.27. The second kappa shape index (κ2) is 9.03. The summed E-state index contributed by atoms with van der Waals surface area (Å²) in [6.07, 6.45) is 4.55. The van der Waals surface area contributed by atoms with Gasteiger partial charge in [-0.3, -0.25) is 0 Å². The molecule has 0 atom stereocenters. The van der Waals surface area contributed by atoms with Gasteiger partial charge in [0.2, 0.25) is 0 Å². The number of rotatable bonds is 8. The third-order valence-corrected chi connectivity index (χ3v) is 2.62. The van der Waals surface area contributed by atoms with E-state index in [0.29, 0.717) is 17.7 Å². The van der Waals surface area contributed by atoms with Crippen LogP contribution in [-0.2, 0) is 11.3 Å². The van der Waals surface area contributed by atoms with Gasteiger partial charge < -0.3 is 10.5 Å². The smallest absolute Gasteiger partial charge is 0.332 e. The lowest BCUT2D eigenvalue weighted by Crippen LogP contribution is -2.24. The maximum absolute atomic E-state index is 13.8. The molecule has 5 nitrogen and oxygen atoms in total. The fourth-order valence-corrected chi connectivity index (χ4v) is 1.57. The third-order valence-electron chi connectivity index (χ3n) is 2.62. The van der Waals surface area contributed by atoms with Gasteiger partial charge in [0, 0.05) is 12.2 Å². The van der Waals surface area contributed by atoms with E-state index < -0.39 is 6.03 Å². The van der Waals surface area contributed by atoms with Gasteiger partial charge in [-0.15, -0.1) is 0 Å². The zero-order valence-corrected chi connectivity index (χ0v) is 11.6. The Bertz CT molecular complexity index is 464. The highest BCUT2D eigenvalue weighted by molar-refractivity contribution is 5.81. The summed E-state index contributed by atoms with van der Waals surface area (Å²) in [5.41, 5.74) is 7.92. The minimum absolute atomic E-state index is 0.256. The monoisotopic (exact) mass is 281 g/mol. The van der Waals surface area contributed by atoms with Crippen LogP contribution in [0.15, 0.2) is 23.3 Å². The highest BCUT2D eigenvalue weighted by Gasteiger charge is 2.03. The Balaban J connectivity index is 2.46. The Morgan fingerprint density at radius 1 is 1.50 bits per heavy atom. The lowest BCUT2D eigenvalue weighted by Gasteiger charge is -2.06. The van der Waals surface area contributed by atoms with Gasteiger partial charge in [-0.1, -0.05) is 31.9 Å². The number of urea groups is 1. The molecule has 3 N–H and O–H groups in total. The summed E-state index contributed by atoms with van der Waals surface area (Å²) >= 11 is 0. The summed E-state index contributed by atoms with van der Waals surface area (Å²) in [5, 5.41) is 3.56. The zero-order valence-electron chi connectivity index (χ0n) is 11.6. The predicted octanol–water partition coefficient (Wildman–Crippen LogP) is 2.53. The topological polar surface area (TPSA) is 76.7 Å². The number of nitrogens with two attached hydrogens (primary N) is 1. The number of hydrogen-bond donors (Lipinski definition) is 2. The quantitative estimate of drug-likeness (QED) is 0.436. The van der Waals surface area contributed by atoms with Gasteiger partial charge in [0.15, 0.2) is 0 Å². The highest BCUT2D eigenvalue weighted by atomic mass is 19.1. The number of carbonyl (C=O) groups excluding carboxylic acids is 1. The number of nitrogens with zero attached hydrogens (tertiary/aromatic N) is 1. The molecule has 6 heteroatoms. The van der Waals surface area contributed by atoms with Gasteiger partial charge in [-0.05, 0) is 18.1 Å². The minimum atomic E-state index is -0.765. The minimum Gasteiger partial charge on any atom is -0.377 e. The van der Waals surface area contributed by atoms with E-state index in [2.05, 4.69) is 12.0 Å². The Hall–Kier alpha value is -1.95. The molecule has 0 unspecified atom stereocenters. The third kappa shape index (κ3) is 6.29. The van der Waals surface area contributed by atoms with Crippen LogP contribution in [0.2, 0.25) is 0 Å². The largest absolute Gasteiger partial charge is 0.377 e. The normalized spacial score (nSPS) is 10.9. The molecule has 0 aliphatic heterocycles. The van der Waals surface area contributed by atoms with E-state index in [9.17, 15) is 9.18 Å². The van der Waals surface area contributed by atoms with Crippen molar-refractivity contribution in [1.29, 1.82) is 0 Å². The van der Waals surface area contributed by atoms with E-state index in [1.54, 1.807) is 12.1 Å². The summed E-state index contributed by atoms with van der Waals surface area (Å²) in [5.74, 6) is -0.358. The second-order valence-corrected chi connectivity index (χ2v) is 4.34. The van der Waals surface area contributed by atoms with Crippen LogP contribution in [0.1, 0.15) is 37.3 Å². The lowest BCUT2D eigenvalue weighted by atomic mass is 10.1. The summed E-state index contributed by atoms with van der Waals surface area (Å²) in [4.78, 5) is 10.4. The lowest BCUT2D eigenvalue weighted by molar-refractivity contribution is 0.115. The number of ether oxygens (including phenoxy) is 1. The van der Waals surface area contributed by atoms with Crippen molar-refractivity contribution < 1.29 is 13.9 Å². The molecule has 0 spiro atoms. The zero-order chi connectivity index (χ0) is 14.8. The van der Waals surface area contributed by atoms with Crippen LogP contribution >= 0.6 is 0 Å². The molecule has 0 saturated heterocycles. The van der Waals surface area contributed by atoms with Crippen molar-refractivity contribution in [1.82, 2.24) is 5.43 Å². The number of carbonyl (C=O) groups is 1. The molecule has 0 fully saturated rings. The molecule has 0 saturated carbocycles. The first kappa shape index (κ1) is 16.1. The predicted molar refractivity (Wildman–Crippen MR) is 75.9 cm³/mol. The van der Waals surface area contributed by atoms with Gasteiger partial charge >= 0.3 is 6.03 Å². The van der Waals surface area contributed by atoms with E-state index in [0.717, 1.165) is 19.3 Å². The van der Waals surface area contributed by atoms with E-state index in [-0.39, 0.29) is 12.4 Å². The second-order valence-electron chi connectivity index (χ2n) is 4.34. The van der Waals surface area contributed by atoms with Crippen LogP contribution in [0.4, 0.5) is 9.18 Å². The molecule has 0 aliphatic carbocycles. The fraction of sp³-hybridized carbons (Fsp3) is 0.429. The maximum Gasteiger partial charge on any atom is 0.332 e. The van der Waals surface area contributed by atoms with Crippen molar-refractivity contribution in [2.75, 3.05) is 6.61 Å². The molecule has 2 amide bonds. The molecular formula is C14H20FN3O2. The first-order chi connectivity index (χ1) is 9.63. The van der Waals surface area contributed by atoms with Crippen molar-refractivity contribution in [3.05, 3.63) is 35.1 Å². The first-order valence-corrected chi connectivity index (χ1v) is 6.58. The van der Waals surface area contributed by atoms with Crippen LogP contribution in [0.5, 0.6) is 0 Å². The average molecular weight is 281 g/mol. The van der Waals surface area contributed by atoms with Gasteiger partial charge in [0.1, 0.15) is 5.82 Å². The number of amides is 2. The molecule has 0 radical (unpaired) electrons. The Morgan fingerprint density at radius 3 is 2.95 bits per heavy atom. The maximum atomic E-state index is 13.8. The summed E-state index contributed by atoms with van der Waals surface area (Å²) in [6, 6.07) is 3.90. The Labute approximate surface area is 118 Å². The number of unbranched alkanes of at least 4 members (excludes halogenated alkanes) is 2. The molecule has 0 aliphatic rings. The molecule has 1 rings (SSSR count). The van der Waals surface area contributed by atoms with E-state index in [4.69, 9.17) is 10.5 Å². The summed E-state index contributed by atoms with van der Waals surface area (Å²) < 4.78 is 19.2. The summed E-state index contributed by atoms with van der Waals surface area (Å²) in [7, 11) is 0. The Morgan fingerprint density at radius 2 is 2.30 bits per heavy atom. The summed E-state index contributed by atoms with van der Waals surface area (Å²) in [6.45, 7) is 3.01. The molecule has 1 aromatic rings. The van der Waals surface area contributed by atoms with Crippen molar-refractivity contribution in [3.63, 3.8) is 0 Å². The molecule has 0 aromatic heterocycles. The number of halogens is 1. The fourth-order valence-electron chi connectivity index (χ4n) is 1.57. The number of hydrazone groups is 1. The molecule has 110 valence electrons. The molecule has 0 heterocycles. The number of benzene rings is 1. The molecular weight excluding hydrogens is 261 g/mol. The molecule has 20 heavy (non-hydrogen) atoms. The first-order valence-electron chi connectivity index (χ1n) is 6.58. The SMILES string of the molecule is CCCCCOCc1ccc(C=NNC(N)=O)cc1F. The van der Waals surface area contributed by atoms with E-state index >= 15 is 0 Å². The van der Waals surface area contributed by atoms with Crippen LogP contribution in [0.3, 0.4) is 0 Å². The van der Waals surface area contributed by atoms with Crippen LogP contribution in [0.25, 0.3) is 0 Å². The van der Waals surface area contributed by atoms with Crippen LogP contribution in [-0.4, -0.2) is 18.9 Å². The van der Waals surface area contributed by atoms with E-state index in [1.807, 2.05) is 5.43 Å². The number of primary amides is 1. The van der Waals surface area contributed by atoms with Crippen molar-refractivity contribution in [2.24, 2.45) is 10.8 Å². The van der Waals surface area contributed by atoms with Gasteiger partial charge in [0.05, 0.1) is 12.8 Å². The van der Waals surface area contributed by atoms with Gasteiger partial charge in [0.25, 0.3) is 0 Å². The standard InChI is InChI=1S/C14H20FN3O2/c1-2-3-4-7-20-10-12-6-5-11(8-13(12)15)9-17-18-14(16)19/h5-6,8-9H,2-4,7,10H2,1H3,(H3,16,18,19). The van der Waals surface area contributed by atoms with Crippen LogP contribution in [0, 0.1) is 5.82 Å². The molecule has 1 aromatic carbocycles. The number of nitrogens with one attached hydrogen (secondary N) is 1. The van der Waals surface area contributed by atoms with Crippen molar-refractivity contribution in [2.45, 2.75) is 32.8 Å². The highest BCUT2D eigenvalue weighted by Crippen LogP contribution is 2.11. The van der Waals surface area contributed by atoms with Crippen molar-refractivity contribution >= 4 is 12.2 Å². The number of hydrogen-bond acceptors (Lipinski definition) is 3. The van der Waals surface area contributed by atoms with Gasteiger partial charge in [-0.2, -0.15) is 5.10 Å².